The van der Waals surface area contributed by atoms with E-state index < -0.39 is 10.0 Å². The number of imidazole rings is 1. The molecule has 0 bridgehead atoms. The third-order valence-corrected chi connectivity index (χ3v) is 8.82. The van der Waals surface area contributed by atoms with Crippen molar-refractivity contribution < 1.29 is 8.42 Å². The molecule has 0 unspecified atom stereocenters. The summed E-state index contributed by atoms with van der Waals surface area (Å²) in [6.07, 6.45) is 2.10. The summed E-state index contributed by atoms with van der Waals surface area (Å²) in [6, 6.07) is 19.6. The van der Waals surface area contributed by atoms with Gasteiger partial charge in [0.25, 0.3) is 0 Å². The van der Waals surface area contributed by atoms with Gasteiger partial charge in [0.1, 0.15) is 5.65 Å². The maximum absolute atomic E-state index is 12.3. The molecule has 0 N–H and O–H groups in total. The summed E-state index contributed by atoms with van der Waals surface area (Å²) >= 11 is 12.4. The molecule has 2 aromatic heterocycles. The summed E-state index contributed by atoms with van der Waals surface area (Å²) < 4.78 is 28.3. The minimum absolute atomic E-state index is 0.132. The van der Waals surface area contributed by atoms with Gasteiger partial charge in [0.2, 0.25) is 10.0 Å². The number of hydrogen-bond donors (Lipinski definition) is 0. The number of nitrogens with zero attached hydrogens (tertiary/aromatic N) is 4. The molecular formula is C26H26Cl2N4O2S. The third-order valence-electron chi connectivity index (χ3n) is 6.46. The fourth-order valence-corrected chi connectivity index (χ4v) is 5.88. The molecule has 1 aliphatic rings. The fraction of sp³-hybridized carbons (Fsp3) is 0.269. The molecule has 9 heteroatoms. The minimum Gasteiger partial charge on any atom is -0.301 e. The number of rotatable bonds is 6. The zero-order valence-electron chi connectivity index (χ0n) is 19.4. The van der Waals surface area contributed by atoms with Crippen molar-refractivity contribution >= 4 is 38.9 Å². The molecule has 2 aromatic carbocycles. The smallest absolute Gasteiger partial charge is 0.213 e. The van der Waals surface area contributed by atoms with Gasteiger partial charge < -0.3 is 4.40 Å². The number of sulfonamides is 1. The quantitative estimate of drug-likeness (QED) is 0.334. The second-order valence-electron chi connectivity index (χ2n) is 8.65. The third kappa shape index (κ3) is 5.10. The van der Waals surface area contributed by atoms with Crippen molar-refractivity contribution in [2.24, 2.45) is 0 Å². The average Bonchev–Trinajstić information content (AvgIpc) is 3.22. The van der Waals surface area contributed by atoms with Gasteiger partial charge in [-0.25, -0.2) is 13.4 Å². The highest BCUT2D eigenvalue weighted by atomic mass is 35.5. The Morgan fingerprint density at radius 3 is 2.26 bits per heavy atom. The van der Waals surface area contributed by atoms with Crippen LogP contribution in [0.2, 0.25) is 10.0 Å². The monoisotopic (exact) mass is 528 g/mol. The van der Waals surface area contributed by atoms with Crippen molar-refractivity contribution in [3.8, 4) is 22.4 Å². The van der Waals surface area contributed by atoms with E-state index in [-0.39, 0.29) is 5.75 Å². The van der Waals surface area contributed by atoms with Gasteiger partial charge >= 0.3 is 0 Å². The van der Waals surface area contributed by atoms with E-state index in [4.69, 9.17) is 28.2 Å². The molecule has 4 aromatic rings. The van der Waals surface area contributed by atoms with Gasteiger partial charge in [-0.3, -0.25) is 4.90 Å². The molecular weight excluding hydrogens is 503 g/mol. The van der Waals surface area contributed by atoms with Crippen molar-refractivity contribution in [3.05, 3.63) is 82.6 Å². The lowest BCUT2D eigenvalue weighted by Crippen LogP contribution is -2.48. The Balaban J connectivity index is 1.53. The topological polar surface area (TPSA) is 57.9 Å². The van der Waals surface area contributed by atoms with E-state index in [2.05, 4.69) is 21.6 Å². The van der Waals surface area contributed by atoms with Gasteiger partial charge in [0.15, 0.2) is 0 Å². The largest absolute Gasteiger partial charge is 0.301 e. The normalized spacial score (nSPS) is 15.6. The maximum atomic E-state index is 12.3. The molecule has 0 spiro atoms. The molecule has 1 fully saturated rings. The highest BCUT2D eigenvalue weighted by molar-refractivity contribution is 7.89. The van der Waals surface area contributed by atoms with Crippen molar-refractivity contribution in [1.82, 2.24) is 18.6 Å². The molecule has 0 atom stereocenters. The van der Waals surface area contributed by atoms with Crippen LogP contribution in [0.4, 0.5) is 0 Å². The van der Waals surface area contributed by atoms with E-state index in [9.17, 15) is 8.42 Å². The zero-order chi connectivity index (χ0) is 24.6. The first-order valence-corrected chi connectivity index (χ1v) is 13.9. The van der Waals surface area contributed by atoms with E-state index in [1.807, 2.05) is 54.6 Å². The van der Waals surface area contributed by atoms with Gasteiger partial charge in [-0.15, -0.1) is 0 Å². The van der Waals surface area contributed by atoms with E-state index in [0.29, 0.717) is 42.8 Å². The van der Waals surface area contributed by atoms with Gasteiger partial charge in [0, 0.05) is 54.5 Å². The first kappa shape index (κ1) is 24.3. The number of hydrogen-bond acceptors (Lipinski definition) is 4. The SMILES string of the molecule is CCS(=O)(=O)N1CCN(Cc2c(-c3ccc(Cl)cc3)nc3ccc(-c4cccc(Cl)c4)cn23)CC1. The molecule has 0 radical (unpaired) electrons. The second-order valence-corrected chi connectivity index (χ2v) is 11.8. The molecule has 35 heavy (non-hydrogen) atoms. The molecule has 182 valence electrons. The van der Waals surface area contributed by atoms with Crippen molar-refractivity contribution in [1.29, 1.82) is 0 Å². The van der Waals surface area contributed by atoms with Gasteiger partial charge in [-0.1, -0.05) is 47.5 Å². The zero-order valence-corrected chi connectivity index (χ0v) is 21.7. The molecule has 3 heterocycles. The lowest BCUT2D eigenvalue weighted by Gasteiger charge is -2.33. The van der Waals surface area contributed by atoms with Crippen LogP contribution in [0.1, 0.15) is 12.6 Å². The molecule has 1 aliphatic heterocycles. The molecule has 0 saturated carbocycles. The van der Waals surface area contributed by atoms with Crippen LogP contribution in [0.3, 0.4) is 0 Å². The Morgan fingerprint density at radius 1 is 0.857 bits per heavy atom. The molecule has 6 nitrogen and oxygen atoms in total. The summed E-state index contributed by atoms with van der Waals surface area (Å²) in [7, 11) is -3.17. The molecule has 1 saturated heterocycles. The predicted octanol–water partition coefficient (Wildman–Crippen LogP) is 5.44. The number of benzene rings is 2. The highest BCUT2D eigenvalue weighted by Crippen LogP contribution is 2.30. The van der Waals surface area contributed by atoms with Crippen LogP contribution in [0.25, 0.3) is 28.0 Å². The Bertz CT molecular complexity index is 1460. The Hall–Kier alpha value is -2.42. The van der Waals surface area contributed by atoms with E-state index in [1.54, 1.807) is 11.2 Å². The minimum atomic E-state index is -3.17. The van der Waals surface area contributed by atoms with Gasteiger partial charge in [-0.05, 0) is 54.4 Å². The van der Waals surface area contributed by atoms with E-state index >= 15 is 0 Å². The number of fused-ring (bicyclic) bond motifs is 1. The van der Waals surface area contributed by atoms with Gasteiger partial charge in [0.05, 0.1) is 17.1 Å². The highest BCUT2D eigenvalue weighted by Gasteiger charge is 2.27. The van der Waals surface area contributed by atoms with Crippen LogP contribution >= 0.6 is 23.2 Å². The summed E-state index contributed by atoms with van der Waals surface area (Å²) in [5.41, 5.74) is 5.87. The summed E-state index contributed by atoms with van der Waals surface area (Å²) in [5.74, 6) is 0.132. The van der Waals surface area contributed by atoms with Crippen molar-refractivity contribution in [3.63, 3.8) is 0 Å². The van der Waals surface area contributed by atoms with Crippen LogP contribution in [-0.4, -0.2) is 58.9 Å². The number of aromatic nitrogens is 2. The fourth-order valence-electron chi connectivity index (χ4n) is 4.48. The lowest BCUT2D eigenvalue weighted by atomic mass is 10.1. The first-order valence-electron chi connectivity index (χ1n) is 11.6. The van der Waals surface area contributed by atoms with Crippen molar-refractivity contribution in [2.45, 2.75) is 13.5 Å². The number of halogens is 2. The van der Waals surface area contributed by atoms with Crippen LogP contribution in [-0.2, 0) is 16.6 Å². The summed E-state index contributed by atoms with van der Waals surface area (Å²) in [5, 5.41) is 1.37. The van der Waals surface area contributed by atoms with Crippen LogP contribution < -0.4 is 0 Å². The van der Waals surface area contributed by atoms with Crippen LogP contribution in [0, 0.1) is 0 Å². The van der Waals surface area contributed by atoms with E-state index in [0.717, 1.165) is 33.7 Å². The predicted molar refractivity (Wildman–Crippen MR) is 142 cm³/mol. The number of piperazine rings is 1. The van der Waals surface area contributed by atoms with E-state index in [1.165, 1.54) is 0 Å². The summed E-state index contributed by atoms with van der Waals surface area (Å²) in [4.78, 5) is 7.25. The molecule has 5 rings (SSSR count). The molecule has 0 amide bonds. The van der Waals surface area contributed by atoms with Gasteiger partial charge in [-0.2, -0.15) is 4.31 Å². The molecule has 0 aliphatic carbocycles. The van der Waals surface area contributed by atoms with Crippen LogP contribution in [0.5, 0.6) is 0 Å². The Kier molecular flexibility index (Phi) is 6.88. The number of pyridine rings is 1. The standard InChI is InChI=1S/C26H26Cl2N4O2S/c1-2-35(33,34)31-14-12-30(13-15-31)18-24-26(19-6-9-22(27)10-7-19)29-25-11-8-21(17-32(24)25)20-4-3-5-23(28)16-20/h3-11,16-17H,2,12-15,18H2,1H3. The first-order chi connectivity index (χ1) is 16.8. The Morgan fingerprint density at radius 2 is 1.57 bits per heavy atom. The van der Waals surface area contributed by atoms with Crippen LogP contribution in [0.15, 0.2) is 66.9 Å². The summed E-state index contributed by atoms with van der Waals surface area (Å²) in [6.45, 7) is 4.67. The average molecular weight is 529 g/mol. The lowest BCUT2D eigenvalue weighted by molar-refractivity contribution is 0.180. The van der Waals surface area contributed by atoms with Crippen molar-refractivity contribution in [2.75, 3.05) is 31.9 Å². The Labute approximate surface area is 215 Å². The second kappa shape index (κ2) is 9.91. The maximum Gasteiger partial charge on any atom is 0.213 e.